The minimum Gasteiger partial charge on any atom is -0.467 e. The quantitative estimate of drug-likeness (QED) is 0.619. The molecule has 118 valence electrons. The molecular formula is C15H13N3O5. The number of methoxy groups -OCH3 is 1. The maximum Gasteiger partial charge on any atom is 0.262 e. The molecule has 1 aliphatic heterocycles. The molecule has 0 saturated carbocycles. The topological polar surface area (TPSA) is 113 Å². The van der Waals surface area contributed by atoms with Gasteiger partial charge in [0.2, 0.25) is 0 Å². The molecule has 0 saturated heterocycles. The molecule has 0 radical (unpaired) electrons. The first-order valence-corrected chi connectivity index (χ1v) is 6.66. The first-order chi connectivity index (χ1) is 11.0. The van der Waals surface area contributed by atoms with Gasteiger partial charge in [-0.05, 0) is 12.1 Å². The number of nitrogen functional groups attached to an aromatic ring is 1. The highest BCUT2D eigenvalue weighted by molar-refractivity contribution is 6.23. The smallest absolute Gasteiger partial charge is 0.262 e. The second-order valence-electron chi connectivity index (χ2n) is 4.82. The van der Waals surface area contributed by atoms with Gasteiger partial charge in [0.05, 0.1) is 16.8 Å². The molecule has 0 bridgehead atoms. The second-order valence-corrected chi connectivity index (χ2v) is 4.82. The van der Waals surface area contributed by atoms with E-state index in [1.165, 1.54) is 7.11 Å². The molecule has 23 heavy (non-hydrogen) atoms. The molecule has 2 aromatic rings. The zero-order chi connectivity index (χ0) is 16.6. The SMILES string of the molecule is COCOc1cccc(-n2c(N)c3c(cc2=O)C(=O)NC3=O)c1. The summed E-state index contributed by atoms with van der Waals surface area (Å²) in [5, 5.41) is 2.12. The van der Waals surface area contributed by atoms with Crippen LogP contribution in [-0.2, 0) is 4.74 Å². The van der Waals surface area contributed by atoms with Crippen LogP contribution in [0.4, 0.5) is 5.82 Å². The van der Waals surface area contributed by atoms with E-state index in [1.807, 2.05) is 0 Å². The lowest BCUT2D eigenvalue weighted by atomic mass is 10.1. The van der Waals surface area contributed by atoms with Crippen molar-refractivity contribution < 1.29 is 19.1 Å². The Balaban J connectivity index is 2.15. The van der Waals surface area contributed by atoms with Gasteiger partial charge in [0.1, 0.15) is 11.6 Å². The van der Waals surface area contributed by atoms with Crippen LogP contribution >= 0.6 is 0 Å². The largest absolute Gasteiger partial charge is 0.467 e. The summed E-state index contributed by atoms with van der Waals surface area (Å²) < 4.78 is 11.3. The summed E-state index contributed by atoms with van der Waals surface area (Å²) in [6, 6.07) is 7.67. The molecule has 2 amide bonds. The van der Waals surface area contributed by atoms with E-state index in [2.05, 4.69) is 5.32 Å². The Morgan fingerprint density at radius 2 is 1.96 bits per heavy atom. The average molecular weight is 315 g/mol. The maximum atomic E-state index is 12.3. The predicted octanol–water partition coefficient (Wildman–Crippen LogP) is 0.286. The fraction of sp³-hybridized carbons (Fsp3) is 0.133. The van der Waals surface area contributed by atoms with Crippen LogP contribution in [0.15, 0.2) is 35.1 Å². The number of imide groups is 1. The van der Waals surface area contributed by atoms with Crippen molar-refractivity contribution in [2.24, 2.45) is 0 Å². The van der Waals surface area contributed by atoms with Gasteiger partial charge in [-0.25, -0.2) is 0 Å². The molecule has 2 heterocycles. The first kappa shape index (κ1) is 14.8. The van der Waals surface area contributed by atoms with Gasteiger partial charge in [0.25, 0.3) is 17.4 Å². The van der Waals surface area contributed by atoms with E-state index in [4.69, 9.17) is 15.2 Å². The third-order valence-electron chi connectivity index (χ3n) is 3.37. The van der Waals surface area contributed by atoms with Gasteiger partial charge >= 0.3 is 0 Å². The highest BCUT2D eigenvalue weighted by Gasteiger charge is 2.31. The molecule has 1 aromatic carbocycles. The number of aromatic nitrogens is 1. The van der Waals surface area contributed by atoms with Gasteiger partial charge in [0.15, 0.2) is 6.79 Å². The van der Waals surface area contributed by atoms with E-state index in [-0.39, 0.29) is 23.7 Å². The minimum atomic E-state index is -0.627. The Kier molecular flexibility index (Phi) is 3.59. The van der Waals surface area contributed by atoms with Crippen molar-refractivity contribution in [3.63, 3.8) is 0 Å². The molecule has 8 heteroatoms. The van der Waals surface area contributed by atoms with Crippen molar-refractivity contribution in [3.05, 3.63) is 51.8 Å². The van der Waals surface area contributed by atoms with Crippen molar-refractivity contribution in [1.29, 1.82) is 0 Å². The Morgan fingerprint density at radius 1 is 1.17 bits per heavy atom. The zero-order valence-corrected chi connectivity index (χ0v) is 12.2. The number of ether oxygens (including phenoxy) is 2. The van der Waals surface area contributed by atoms with Crippen LogP contribution in [0.1, 0.15) is 20.7 Å². The van der Waals surface area contributed by atoms with E-state index < -0.39 is 17.4 Å². The molecule has 3 N–H and O–H groups in total. The number of benzene rings is 1. The van der Waals surface area contributed by atoms with E-state index >= 15 is 0 Å². The van der Waals surface area contributed by atoms with Crippen LogP contribution in [0, 0.1) is 0 Å². The van der Waals surface area contributed by atoms with Gasteiger partial charge in [-0.3, -0.25) is 24.3 Å². The number of carbonyl (C=O) groups is 2. The summed E-state index contributed by atoms with van der Waals surface area (Å²) >= 11 is 0. The summed E-state index contributed by atoms with van der Waals surface area (Å²) in [6.45, 7) is 0.0505. The summed E-state index contributed by atoms with van der Waals surface area (Å²) in [5.74, 6) is -0.877. The Hall–Kier alpha value is -3.13. The van der Waals surface area contributed by atoms with Crippen LogP contribution in [0.25, 0.3) is 5.69 Å². The number of nitrogens with one attached hydrogen (secondary N) is 1. The van der Waals surface area contributed by atoms with Crippen molar-refractivity contribution in [3.8, 4) is 11.4 Å². The molecule has 0 spiro atoms. The summed E-state index contributed by atoms with van der Waals surface area (Å²) in [4.78, 5) is 35.8. The summed E-state index contributed by atoms with van der Waals surface area (Å²) in [6.07, 6.45) is 0. The molecule has 1 aliphatic rings. The number of carbonyl (C=O) groups excluding carboxylic acids is 2. The van der Waals surface area contributed by atoms with Crippen molar-refractivity contribution >= 4 is 17.6 Å². The third-order valence-corrected chi connectivity index (χ3v) is 3.37. The van der Waals surface area contributed by atoms with Crippen molar-refractivity contribution in [1.82, 2.24) is 9.88 Å². The van der Waals surface area contributed by atoms with Gasteiger partial charge < -0.3 is 15.2 Å². The summed E-state index contributed by atoms with van der Waals surface area (Å²) in [5.41, 5.74) is 5.83. The number of hydrogen-bond acceptors (Lipinski definition) is 6. The molecule has 1 aromatic heterocycles. The van der Waals surface area contributed by atoms with Gasteiger partial charge in [-0.2, -0.15) is 0 Å². The van der Waals surface area contributed by atoms with Gasteiger partial charge in [-0.1, -0.05) is 6.07 Å². The van der Waals surface area contributed by atoms with Crippen molar-refractivity contribution in [2.45, 2.75) is 0 Å². The van der Waals surface area contributed by atoms with Crippen LogP contribution < -0.4 is 21.3 Å². The molecule has 8 nitrogen and oxygen atoms in total. The fourth-order valence-corrected chi connectivity index (χ4v) is 2.39. The lowest BCUT2D eigenvalue weighted by Crippen LogP contribution is -2.24. The standard InChI is InChI=1S/C15H13N3O5/c1-22-7-23-9-4-2-3-8(5-9)18-11(19)6-10-12(13(18)16)15(21)17-14(10)20/h2-6H,7,16H2,1H3,(H,17,20,21). The molecule has 0 atom stereocenters. The van der Waals surface area contributed by atoms with Crippen LogP contribution in [0.3, 0.4) is 0 Å². The molecule has 0 unspecified atom stereocenters. The number of fused-ring (bicyclic) bond motifs is 1. The van der Waals surface area contributed by atoms with E-state index in [9.17, 15) is 14.4 Å². The van der Waals surface area contributed by atoms with Gasteiger partial charge in [0, 0.05) is 19.2 Å². The Morgan fingerprint density at radius 3 is 2.70 bits per heavy atom. The number of nitrogens with zero attached hydrogens (tertiary/aromatic N) is 1. The molecule has 0 fully saturated rings. The molecular weight excluding hydrogens is 302 g/mol. The molecule has 0 aliphatic carbocycles. The second kappa shape index (κ2) is 5.58. The highest BCUT2D eigenvalue weighted by atomic mass is 16.7. The number of amides is 2. The third kappa shape index (κ3) is 2.44. The monoisotopic (exact) mass is 315 g/mol. The molecule has 3 rings (SSSR count). The van der Waals surface area contributed by atoms with E-state index in [0.717, 1.165) is 10.6 Å². The van der Waals surface area contributed by atoms with E-state index in [0.29, 0.717) is 11.4 Å². The number of hydrogen-bond donors (Lipinski definition) is 2. The summed E-state index contributed by atoms with van der Waals surface area (Å²) in [7, 11) is 1.49. The Bertz CT molecular complexity index is 872. The van der Waals surface area contributed by atoms with E-state index in [1.54, 1.807) is 24.3 Å². The van der Waals surface area contributed by atoms with Crippen molar-refractivity contribution in [2.75, 3.05) is 19.6 Å². The fourth-order valence-electron chi connectivity index (χ4n) is 2.39. The number of pyridine rings is 1. The number of rotatable bonds is 4. The average Bonchev–Trinajstić information content (AvgIpc) is 2.80. The zero-order valence-electron chi connectivity index (χ0n) is 12.2. The minimum absolute atomic E-state index is 0.00203. The van der Waals surface area contributed by atoms with Crippen LogP contribution in [0.5, 0.6) is 5.75 Å². The van der Waals surface area contributed by atoms with Crippen LogP contribution in [0.2, 0.25) is 0 Å². The lowest BCUT2D eigenvalue weighted by molar-refractivity contribution is 0.0511. The lowest BCUT2D eigenvalue weighted by Gasteiger charge is -2.13. The predicted molar refractivity (Wildman–Crippen MR) is 80.8 cm³/mol. The number of nitrogens with two attached hydrogens (primary N) is 1. The maximum absolute atomic E-state index is 12.3. The Labute approximate surface area is 130 Å². The van der Waals surface area contributed by atoms with Crippen LogP contribution in [-0.4, -0.2) is 30.3 Å². The highest BCUT2D eigenvalue weighted by Crippen LogP contribution is 2.24. The van der Waals surface area contributed by atoms with Gasteiger partial charge in [-0.15, -0.1) is 0 Å². The normalized spacial score (nSPS) is 12.9. The number of anilines is 1. The first-order valence-electron chi connectivity index (χ1n) is 6.66.